The molecule has 1 atom stereocenters. The second-order valence-electron chi connectivity index (χ2n) is 4.64. The van der Waals surface area contributed by atoms with Crippen LogP contribution in [0.4, 0.5) is 0 Å². The standard InChI is InChI=1S/C15H19Cl2N3/c1-3-9-20-14(7-8-19-20)15(18-4-2)12-6-5-11(16)10-13(12)17/h5-8,10,15,18H,3-4,9H2,1-2H3. The van der Waals surface area contributed by atoms with Crippen molar-refractivity contribution in [3.05, 3.63) is 51.8 Å². The maximum Gasteiger partial charge on any atom is 0.0762 e. The van der Waals surface area contributed by atoms with E-state index in [-0.39, 0.29) is 6.04 Å². The van der Waals surface area contributed by atoms with Crippen LogP contribution in [0.2, 0.25) is 10.0 Å². The first-order chi connectivity index (χ1) is 9.67. The highest BCUT2D eigenvalue weighted by Gasteiger charge is 2.19. The second-order valence-corrected chi connectivity index (χ2v) is 5.48. The number of nitrogens with one attached hydrogen (secondary N) is 1. The molecular formula is C15H19Cl2N3. The molecule has 5 heteroatoms. The summed E-state index contributed by atoms with van der Waals surface area (Å²) in [5.74, 6) is 0. The molecule has 0 fully saturated rings. The van der Waals surface area contributed by atoms with Crippen LogP contribution in [-0.2, 0) is 6.54 Å². The molecular weight excluding hydrogens is 293 g/mol. The highest BCUT2D eigenvalue weighted by molar-refractivity contribution is 6.35. The lowest BCUT2D eigenvalue weighted by Crippen LogP contribution is -2.25. The average Bonchev–Trinajstić information content (AvgIpc) is 2.85. The van der Waals surface area contributed by atoms with E-state index >= 15 is 0 Å². The van der Waals surface area contributed by atoms with Crippen LogP contribution >= 0.6 is 23.2 Å². The lowest BCUT2D eigenvalue weighted by molar-refractivity contribution is 0.520. The average molecular weight is 312 g/mol. The van der Waals surface area contributed by atoms with Gasteiger partial charge in [-0.2, -0.15) is 5.10 Å². The van der Waals surface area contributed by atoms with Crippen molar-refractivity contribution in [2.75, 3.05) is 6.54 Å². The normalized spacial score (nSPS) is 12.6. The van der Waals surface area contributed by atoms with Gasteiger partial charge in [0.2, 0.25) is 0 Å². The summed E-state index contributed by atoms with van der Waals surface area (Å²) in [5, 5.41) is 9.18. The maximum absolute atomic E-state index is 6.35. The first-order valence-electron chi connectivity index (χ1n) is 6.87. The SMILES string of the molecule is CCCn1nccc1C(NCC)c1ccc(Cl)cc1Cl. The van der Waals surface area contributed by atoms with Gasteiger partial charge in [-0.15, -0.1) is 0 Å². The third-order valence-electron chi connectivity index (χ3n) is 3.16. The van der Waals surface area contributed by atoms with Gasteiger partial charge in [0.05, 0.1) is 11.7 Å². The Labute approximate surface area is 129 Å². The first-order valence-corrected chi connectivity index (χ1v) is 7.63. The largest absolute Gasteiger partial charge is 0.305 e. The lowest BCUT2D eigenvalue weighted by Gasteiger charge is -2.21. The zero-order valence-electron chi connectivity index (χ0n) is 11.7. The fourth-order valence-corrected chi connectivity index (χ4v) is 2.82. The molecule has 0 bridgehead atoms. The number of hydrogen-bond donors (Lipinski definition) is 1. The smallest absolute Gasteiger partial charge is 0.0762 e. The summed E-state index contributed by atoms with van der Waals surface area (Å²) in [4.78, 5) is 0. The molecule has 1 N–H and O–H groups in total. The van der Waals surface area contributed by atoms with E-state index in [1.165, 1.54) is 0 Å². The molecule has 1 unspecified atom stereocenters. The van der Waals surface area contributed by atoms with Crippen molar-refractivity contribution < 1.29 is 0 Å². The second kappa shape index (κ2) is 7.11. The zero-order valence-corrected chi connectivity index (χ0v) is 13.2. The van der Waals surface area contributed by atoms with Gasteiger partial charge in [-0.05, 0) is 36.7 Å². The molecule has 0 aliphatic rings. The van der Waals surface area contributed by atoms with Crippen molar-refractivity contribution in [2.45, 2.75) is 32.9 Å². The molecule has 2 aromatic rings. The van der Waals surface area contributed by atoms with Crippen molar-refractivity contribution in [1.82, 2.24) is 15.1 Å². The summed E-state index contributed by atoms with van der Waals surface area (Å²) >= 11 is 12.3. The number of rotatable bonds is 6. The van der Waals surface area contributed by atoms with Gasteiger partial charge in [-0.1, -0.05) is 43.1 Å². The van der Waals surface area contributed by atoms with Crippen LogP contribution in [0, 0.1) is 0 Å². The van der Waals surface area contributed by atoms with Crippen LogP contribution in [0.25, 0.3) is 0 Å². The summed E-state index contributed by atoms with van der Waals surface area (Å²) in [5.41, 5.74) is 2.15. The highest BCUT2D eigenvalue weighted by Crippen LogP contribution is 2.30. The number of nitrogens with zero attached hydrogens (tertiary/aromatic N) is 2. The Morgan fingerprint density at radius 3 is 2.70 bits per heavy atom. The van der Waals surface area contributed by atoms with Crippen molar-refractivity contribution in [3.8, 4) is 0 Å². The number of aryl methyl sites for hydroxylation is 1. The third-order valence-corrected chi connectivity index (χ3v) is 3.72. The van der Waals surface area contributed by atoms with E-state index in [1.54, 1.807) is 6.07 Å². The zero-order chi connectivity index (χ0) is 14.5. The Bertz CT molecular complexity index is 566. The number of benzene rings is 1. The van der Waals surface area contributed by atoms with E-state index in [2.05, 4.69) is 24.3 Å². The van der Waals surface area contributed by atoms with Gasteiger partial charge < -0.3 is 5.32 Å². The van der Waals surface area contributed by atoms with Gasteiger partial charge in [-0.3, -0.25) is 4.68 Å². The van der Waals surface area contributed by atoms with E-state index in [1.807, 2.05) is 29.1 Å². The predicted octanol–water partition coefficient (Wildman–Crippen LogP) is 4.30. The Morgan fingerprint density at radius 2 is 2.05 bits per heavy atom. The molecule has 0 saturated carbocycles. The van der Waals surface area contributed by atoms with E-state index in [4.69, 9.17) is 23.2 Å². The van der Waals surface area contributed by atoms with Crippen molar-refractivity contribution >= 4 is 23.2 Å². The lowest BCUT2D eigenvalue weighted by atomic mass is 10.0. The number of aromatic nitrogens is 2. The first kappa shape index (κ1) is 15.4. The van der Waals surface area contributed by atoms with Crippen LogP contribution < -0.4 is 5.32 Å². The van der Waals surface area contributed by atoms with Gasteiger partial charge in [0.25, 0.3) is 0 Å². The molecule has 0 spiro atoms. The minimum Gasteiger partial charge on any atom is -0.305 e. The van der Waals surface area contributed by atoms with Crippen LogP contribution in [0.1, 0.15) is 37.6 Å². The van der Waals surface area contributed by atoms with E-state index in [9.17, 15) is 0 Å². The van der Waals surface area contributed by atoms with Gasteiger partial charge >= 0.3 is 0 Å². The summed E-state index contributed by atoms with van der Waals surface area (Å²) in [6.45, 7) is 5.97. The van der Waals surface area contributed by atoms with Gasteiger partial charge in [0.1, 0.15) is 0 Å². The van der Waals surface area contributed by atoms with Gasteiger partial charge in [0.15, 0.2) is 0 Å². The van der Waals surface area contributed by atoms with Crippen LogP contribution in [-0.4, -0.2) is 16.3 Å². The molecule has 0 saturated heterocycles. The topological polar surface area (TPSA) is 29.9 Å². The summed E-state index contributed by atoms with van der Waals surface area (Å²) in [6.07, 6.45) is 2.88. The maximum atomic E-state index is 6.35. The van der Waals surface area contributed by atoms with Crippen LogP contribution in [0.5, 0.6) is 0 Å². The molecule has 3 nitrogen and oxygen atoms in total. The minimum atomic E-state index is 0.0267. The quantitative estimate of drug-likeness (QED) is 0.862. The van der Waals surface area contributed by atoms with E-state index < -0.39 is 0 Å². The molecule has 1 aromatic carbocycles. The molecule has 2 rings (SSSR count). The molecule has 108 valence electrons. The summed E-state index contributed by atoms with van der Waals surface area (Å²) < 4.78 is 2.03. The molecule has 1 aromatic heterocycles. The number of halogens is 2. The van der Waals surface area contributed by atoms with E-state index in [0.717, 1.165) is 30.8 Å². The molecule has 1 heterocycles. The fourth-order valence-electron chi connectivity index (χ4n) is 2.30. The monoisotopic (exact) mass is 311 g/mol. The Morgan fingerprint density at radius 1 is 1.25 bits per heavy atom. The van der Waals surface area contributed by atoms with Crippen molar-refractivity contribution in [1.29, 1.82) is 0 Å². The number of hydrogen-bond acceptors (Lipinski definition) is 2. The minimum absolute atomic E-state index is 0.0267. The van der Waals surface area contributed by atoms with E-state index in [0.29, 0.717) is 10.0 Å². The highest BCUT2D eigenvalue weighted by atomic mass is 35.5. The Hall–Kier alpha value is -1.03. The molecule has 0 aliphatic heterocycles. The van der Waals surface area contributed by atoms with Gasteiger partial charge in [0, 0.05) is 22.8 Å². The molecule has 0 radical (unpaired) electrons. The molecule has 20 heavy (non-hydrogen) atoms. The fraction of sp³-hybridized carbons (Fsp3) is 0.400. The van der Waals surface area contributed by atoms with Crippen molar-refractivity contribution in [3.63, 3.8) is 0 Å². The van der Waals surface area contributed by atoms with Crippen LogP contribution in [0.15, 0.2) is 30.5 Å². The molecule has 0 amide bonds. The van der Waals surface area contributed by atoms with Crippen molar-refractivity contribution in [2.24, 2.45) is 0 Å². The Kier molecular flexibility index (Phi) is 5.46. The molecule has 0 aliphatic carbocycles. The summed E-state index contributed by atoms with van der Waals surface area (Å²) in [6, 6.07) is 7.69. The van der Waals surface area contributed by atoms with Gasteiger partial charge in [-0.25, -0.2) is 0 Å². The van der Waals surface area contributed by atoms with Crippen LogP contribution in [0.3, 0.4) is 0 Å². The summed E-state index contributed by atoms with van der Waals surface area (Å²) in [7, 11) is 0. The third kappa shape index (κ3) is 3.35. The predicted molar refractivity (Wildman–Crippen MR) is 84.5 cm³/mol. The Balaban J connectivity index is 2.42.